The number of rotatable bonds is 8. The molecule has 0 saturated carbocycles. The van der Waals surface area contributed by atoms with Crippen LogP contribution in [0.2, 0.25) is 0 Å². The van der Waals surface area contributed by atoms with Crippen LogP contribution in [-0.4, -0.2) is 82.1 Å². The monoisotopic (exact) mass is 639 g/mol. The second-order valence-corrected chi connectivity index (χ2v) is 12.8. The molecule has 7 rings (SSSR count). The SMILES string of the molecule is COC(=O)N[C@H](C(=O)N1CC2(C[C@H]1c1ncc(-c3ccc(-c4ccc(-c5cnc([C@@H]6CCCN6)[nH]5)cc4)cc3)[nH]1)OCCO2)C(C)C. The number of aromatic nitrogens is 4. The maximum atomic E-state index is 13.9. The highest BCUT2D eigenvalue weighted by Gasteiger charge is 2.52. The molecule has 4 aromatic rings. The van der Waals surface area contributed by atoms with Crippen LogP contribution in [0.15, 0.2) is 60.9 Å². The van der Waals surface area contributed by atoms with Gasteiger partial charge in [-0.3, -0.25) is 4.79 Å². The summed E-state index contributed by atoms with van der Waals surface area (Å²) in [6.07, 6.45) is 5.77. The van der Waals surface area contributed by atoms with Crippen molar-refractivity contribution in [1.29, 1.82) is 0 Å². The van der Waals surface area contributed by atoms with E-state index in [1.54, 1.807) is 11.1 Å². The molecule has 3 aliphatic rings. The minimum absolute atomic E-state index is 0.163. The summed E-state index contributed by atoms with van der Waals surface area (Å²) in [6, 6.07) is 15.9. The number of ether oxygens (including phenoxy) is 3. The molecule has 3 fully saturated rings. The molecule has 0 bridgehead atoms. The summed E-state index contributed by atoms with van der Waals surface area (Å²) in [7, 11) is 1.28. The molecule has 4 N–H and O–H groups in total. The van der Waals surface area contributed by atoms with Gasteiger partial charge in [0, 0.05) is 6.42 Å². The summed E-state index contributed by atoms with van der Waals surface area (Å²) in [6.45, 7) is 5.97. The molecule has 5 heterocycles. The van der Waals surface area contributed by atoms with E-state index in [0.717, 1.165) is 52.4 Å². The lowest BCUT2D eigenvalue weighted by atomic mass is 10.0. The van der Waals surface area contributed by atoms with Crippen LogP contribution < -0.4 is 10.6 Å². The van der Waals surface area contributed by atoms with Crippen LogP contribution in [0.4, 0.5) is 4.79 Å². The van der Waals surface area contributed by atoms with E-state index in [4.69, 9.17) is 19.2 Å². The van der Waals surface area contributed by atoms with E-state index < -0.39 is 24.0 Å². The van der Waals surface area contributed by atoms with Gasteiger partial charge >= 0.3 is 6.09 Å². The lowest BCUT2D eigenvalue weighted by molar-refractivity contribution is -0.153. The normalized spacial score (nSPS) is 21.1. The van der Waals surface area contributed by atoms with Gasteiger partial charge in [0.1, 0.15) is 17.7 Å². The molecule has 47 heavy (non-hydrogen) atoms. The molecular weight excluding hydrogens is 598 g/mol. The maximum Gasteiger partial charge on any atom is 0.407 e. The van der Waals surface area contributed by atoms with Gasteiger partial charge in [-0.1, -0.05) is 62.4 Å². The number of nitrogens with one attached hydrogen (secondary N) is 4. The zero-order valence-corrected chi connectivity index (χ0v) is 26.9. The largest absolute Gasteiger partial charge is 0.453 e. The Morgan fingerprint density at radius 1 is 0.915 bits per heavy atom. The van der Waals surface area contributed by atoms with E-state index in [1.165, 1.54) is 13.5 Å². The average molecular weight is 640 g/mol. The number of hydrogen-bond donors (Lipinski definition) is 4. The Balaban J connectivity index is 1.07. The minimum Gasteiger partial charge on any atom is -0.453 e. The first-order valence-corrected chi connectivity index (χ1v) is 16.3. The van der Waals surface area contributed by atoms with Crippen LogP contribution in [0.3, 0.4) is 0 Å². The molecule has 3 atom stereocenters. The smallest absolute Gasteiger partial charge is 0.407 e. The highest BCUT2D eigenvalue weighted by atomic mass is 16.7. The van der Waals surface area contributed by atoms with Gasteiger partial charge in [-0.25, -0.2) is 14.8 Å². The number of alkyl carbamates (subject to hydrolysis) is 1. The number of amides is 2. The molecular formula is C35H41N7O5. The molecule has 0 unspecified atom stereocenters. The summed E-state index contributed by atoms with van der Waals surface area (Å²) in [5.41, 5.74) is 6.14. The third-order valence-electron chi connectivity index (χ3n) is 9.40. The second kappa shape index (κ2) is 12.9. The van der Waals surface area contributed by atoms with E-state index in [1.807, 2.05) is 20.0 Å². The van der Waals surface area contributed by atoms with Crippen molar-refractivity contribution in [2.24, 2.45) is 5.92 Å². The first-order valence-electron chi connectivity index (χ1n) is 16.3. The Labute approximate surface area is 273 Å². The highest BCUT2D eigenvalue weighted by Crippen LogP contribution is 2.42. The van der Waals surface area contributed by atoms with Gasteiger partial charge in [0.05, 0.1) is 62.7 Å². The summed E-state index contributed by atoms with van der Waals surface area (Å²) in [4.78, 5) is 43.9. The van der Waals surface area contributed by atoms with Crippen molar-refractivity contribution in [3.63, 3.8) is 0 Å². The zero-order chi connectivity index (χ0) is 32.5. The highest BCUT2D eigenvalue weighted by molar-refractivity contribution is 5.86. The van der Waals surface area contributed by atoms with E-state index in [2.05, 4.69) is 74.1 Å². The third-order valence-corrected chi connectivity index (χ3v) is 9.40. The van der Waals surface area contributed by atoms with Gasteiger partial charge < -0.3 is 39.7 Å². The van der Waals surface area contributed by atoms with Gasteiger partial charge in [0.2, 0.25) is 5.91 Å². The first-order chi connectivity index (χ1) is 22.8. The molecule has 2 aromatic heterocycles. The summed E-state index contributed by atoms with van der Waals surface area (Å²) in [5.74, 6) is 0.336. The standard InChI is InChI=1S/C35H41N7O5/c1-21(2)30(41-34(44)45-3)33(43)42-20-35(46-15-16-47-35)17-29(42)32-38-19-28(40-32)25-12-8-23(9-13-25)22-6-10-24(11-7-22)27-18-37-31(39-27)26-5-4-14-36-26/h6-13,18-19,21,26,29-30,36H,4-5,14-17,20H2,1-3H3,(H,37,39)(H,38,40)(H,41,44)/t26-,29-,30-/m0/s1. The predicted octanol–water partition coefficient (Wildman–Crippen LogP) is 4.96. The average Bonchev–Trinajstić information content (AvgIpc) is 3.94. The van der Waals surface area contributed by atoms with Gasteiger partial charge in [0.15, 0.2) is 5.79 Å². The summed E-state index contributed by atoms with van der Waals surface area (Å²) < 4.78 is 16.8. The number of hydrogen-bond acceptors (Lipinski definition) is 8. The van der Waals surface area contributed by atoms with E-state index in [-0.39, 0.29) is 18.4 Å². The lowest BCUT2D eigenvalue weighted by Crippen LogP contribution is -2.52. The van der Waals surface area contributed by atoms with Gasteiger partial charge in [0.25, 0.3) is 0 Å². The van der Waals surface area contributed by atoms with Crippen molar-refractivity contribution in [2.75, 3.05) is 33.4 Å². The van der Waals surface area contributed by atoms with Crippen molar-refractivity contribution in [3.05, 3.63) is 72.6 Å². The second-order valence-electron chi connectivity index (χ2n) is 12.8. The topological polar surface area (TPSA) is 146 Å². The van der Waals surface area contributed by atoms with Gasteiger partial charge in [-0.05, 0) is 47.6 Å². The van der Waals surface area contributed by atoms with Crippen LogP contribution in [0.5, 0.6) is 0 Å². The molecule has 1 spiro atoms. The van der Waals surface area contributed by atoms with Gasteiger partial charge in [-0.15, -0.1) is 0 Å². The molecule has 2 amide bonds. The number of carbonyl (C=O) groups excluding carboxylic acids is 2. The Bertz CT molecular complexity index is 1700. The number of methoxy groups -OCH3 is 1. The van der Waals surface area contributed by atoms with Crippen molar-refractivity contribution < 1.29 is 23.8 Å². The number of aromatic amines is 2. The minimum atomic E-state index is -0.899. The molecule has 12 nitrogen and oxygen atoms in total. The number of carbonyl (C=O) groups is 2. The number of likely N-dealkylation sites (tertiary alicyclic amines) is 1. The predicted molar refractivity (Wildman–Crippen MR) is 175 cm³/mol. The van der Waals surface area contributed by atoms with Crippen molar-refractivity contribution in [1.82, 2.24) is 35.5 Å². The van der Waals surface area contributed by atoms with Crippen LogP contribution in [0.25, 0.3) is 33.6 Å². The molecule has 246 valence electrons. The van der Waals surface area contributed by atoms with Crippen LogP contribution in [0.1, 0.15) is 56.8 Å². The number of benzene rings is 2. The van der Waals surface area contributed by atoms with Crippen LogP contribution in [0, 0.1) is 5.92 Å². The van der Waals surface area contributed by atoms with Crippen LogP contribution >= 0.6 is 0 Å². The summed E-state index contributed by atoms with van der Waals surface area (Å²) in [5, 5.41) is 6.18. The molecule has 2 aromatic carbocycles. The fourth-order valence-corrected chi connectivity index (χ4v) is 6.81. The van der Waals surface area contributed by atoms with E-state index >= 15 is 0 Å². The fourth-order valence-electron chi connectivity index (χ4n) is 6.81. The lowest BCUT2D eigenvalue weighted by Gasteiger charge is -2.30. The number of H-pyrrole nitrogens is 2. The van der Waals surface area contributed by atoms with Crippen LogP contribution in [-0.2, 0) is 19.0 Å². The van der Waals surface area contributed by atoms with Crippen molar-refractivity contribution >= 4 is 12.0 Å². The molecule has 12 heteroatoms. The summed E-state index contributed by atoms with van der Waals surface area (Å²) >= 11 is 0. The Morgan fingerprint density at radius 2 is 1.49 bits per heavy atom. The Hall–Kier alpha value is -4.52. The maximum absolute atomic E-state index is 13.9. The first kappa shape index (κ1) is 31.1. The Morgan fingerprint density at radius 3 is 2.04 bits per heavy atom. The molecule has 0 radical (unpaired) electrons. The number of nitrogens with zero attached hydrogens (tertiary/aromatic N) is 3. The van der Waals surface area contributed by atoms with Gasteiger partial charge in [-0.2, -0.15) is 0 Å². The number of imidazole rings is 2. The Kier molecular flexibility index (Phi) is 8.56. The van der Waals surface area contributed by atoms with E-state index in [0.29, 0.717) is 31.5 Å². The molecule has 3 aliphatic heterocycles. The third kappa shape index (κ3) is 6.28. The molecule has 3 saturated heterocycles. The quantitative estimate of drug-likeness (QED) is 0.212. The van der Waals surface area contributed by atoms with E-state index in [9.17, 15) is 9.59 Å². The molecule has 0 aliphatic carbocycles. The van der Waals surface area contributed by atoms with Crippen molar-refractivity contribution in [3.8, 4) is 33.6 Å². The fraction of sp³-hybridized carbons (Fsp3) is 0.429. The van der Waals surface area contributed by atoms with Crippen molar-refractivity contribution in [2.45, 2.75) is 57.0 Å². The zero-order valence-electron chi connectivity index (χ0n) is 26.9.